The van der Waals surface area contributed by atoms with Crippen molar-refractivity contribution in [3.05, 3.63) is 130 Å². The summed E-state index contributed by atoms with van der Waals surface area (Å²) in [6, 6.07) is 32.7. The molecule has 0 aromatic heterocycles. The quantitative estimate of drug-likeness (QED) is 0.161. The van der Waals surface area contributed by atoms with Crippen LogP contribution in [0.4, 0.5) is 0 Å². The van der Waals surface area contributed by atoms with Gasteiger partial charge in [-0.05, 0) is 84.7 Å². The lowest BCUT2D eigenvalue weighted by atomic mass is 9.86. The van der Waals surface area contributed by atoms with Crippen molar-refractivity contribution in [1.29, 1.82) is 0 Å². The summed E-state index contributed by atoms with van der Waals surface area (Å²) in [5, 5.41) is 13.2. The number of aryl methyl sites for hydroxylation is 1. The van der Waals surface area contributed by atoms with E-state index in [0.29, 0.717) is 32.0 Å². The van der Waals surface area contributed by atoms with Crippen LogP contribution in [0, 0.1) is 12.8 Å². The normalized spacial score (nSPS) is 23.1. The Bertz CT molecular complexity index is 1490. The van der Waals surface area contributed by atoms with Gasteiger partial charge in [0.15, 0.2) is 4.93 Å². The predicted molar refractivity (Wildman–Crippen MR) is 183 cm³/mol. The van der Waals surface area contributed by atoms with E-state index in [4.69, 9.17) is 18.9 Å². The summed E-state index contributed by atoms with van der Waals surface area (Å²) >= 11 is 1.58. The predicted octanol–water partition coefficient (Wildman–Crippen LogP) is 8.47. The molecule has 1 aliphatic heterocycles. The molecule has 0 spiro atoms. The number of aliphatic hydroxyl groups is 1. The molecule has 1 saturated heterocycles. The molecule has 1 fully saturated rings. The fourth-order valence-electron chi connectivity index (χ4n) is 6.22. The molecular formula is C39H46O5S. The Hall–Kier alpha value is -3.29. The molecule has 1 unspecified atom stereocenters. The highest BCUT2D eigenvalue weighted by Gasteiger charge is 2.55. The van der Waals surface area contributed by atoms with Gasteiger partial charge in [0.25, 0.3) is 0 Å². The van der Waals surface area contributed by atoms with E-state index in [1.165, 1.54) is 5.56 Å². The molecule has 45 heavy (non-hydrogen) atoms. The van der Waals surface area contributed by atoms with Gasteiger partial charge in [-0.15, -0.1) is 11.8 Å². The fraction of sp³-hybridized carbons (Fsp3) is 0.385. The van der Waals surface area contributed by atoms with Gasteiger partial charge in [-0.1, -0.05) is 86.6 Å². The van der Waals surface area contributed by atoms with Gasteiger partial charge in [-0.2, -0.15) is 0 Å². The largest absolute Gasteiger partial charge is 0.496 e. The van der Waals surface area contributed by atoms with E-state index in [9.17, 15) is 5.11 Å². The summed E-state index contributed by atoms with van der Waals surface area (Å²) in [7, 11) is 1.67. The molecule has 4 aromatic rings. The highest BCUT2D eigenvalue weighted by atomic mass is 32.2. The molecule has 1 aliphatic rings. The van der Waals surface area contributed by atoms with Crippen molar-refractivity contribution < 1.29 is 24.1 Å². The molecule has 238 valence electrons. The zero-order valence-corrected chi connectivity index (χ0v) is 27.9. The molecule has 5 rings (SSSR count). The Morgan fingerprint density at radius 2 is 1.42 bits per heavy atom. The molecule has 0 radical (unpaired) electrons. The van der Waals surface area contributed by atoms with Crippen LogP contribution in [0.1, 0.15) is 60.6 Å². The number of benzene rings is 4. The van der Waals surface area contributed by atoms with Crippen molar-refractivity contribution in [3.8, 4) is 11.5 Å². The lowest BCUT2D eigenvalue weighted by Gasteiger charge is -2.50. The maximum absolute atomic E-state index is 13.0. The molecule has 0 bridgehead atoms. The Balaban J connectivity index is 1.55. The van der Waals surface area contributed by atoms with E-state index >= 15 is 0 Å². The first-order valence-corrected chi connectivity index (χ1v) is 16.8. The molecular weight excluding hydrogens is 580 g/mol. The monoisotopic (exact) mass is 626 g/mol. The third-order valence-corrected chi connectivity index (χ3v) is 10.6. The third-order valence-electron chi connectivity index (χ3n) is 8.75. The second-order valence-electron chi connectivity index (χ2n) is 11.8. The van der Waals surface area contributed by atoms with Crippen molar-refractivity contribution in [2.24, 2.45) is 5.92 Å². The lowest BCUT2D eigenvalue weighted by Crippen LogP contribution is -2.56. The van der Waals surface area contributed by atoms with E-state index < -0.39 is 11.0 Å². The van der Waals surface area contributed by atoms with Gasteiger partial charge in [0.1, 0.15) is 17.6 Å². The first-order valence-electron chi connectivity index (χ1n) is 16.0. The number of thioether (sulfide) groups is 1. The molecule has 5 atom stereocenters. The van der Waals surface area contributed by atoms with E-state index in [0.717, 1.165) is 40.0 Å². The van der Waals surface area contributed by atoms with Gasteiger partial charge in [0.2, 0.25) is 0 Å². The van der Waals surface area contributed by atoms with E-state index in [1.54, 1.807) is 18.9 Å². The molecule has 1 N–H and O–H groups in total. The minimum atomic E-state index is -1.42. The van der Waals surface area contributed by atoms with E-state index in [2.05, 4.69) is 63.2 Å². The molecule has 0 saturated carbocycles. The number of rotatable bonds is 13. The molecule has 0 amide bonds. The number of hydrogen-bond donors (Lipinski definition) is 1. The zero-order chi connectivity index (χ0) is 31.8. The standard InChI is InChI=1S/C39H46O5S/c1-6-36-28(4)37(43-25-30-14-10-8-11-15-30)38(44-26-31-16-12-9-13-17-31)39(40,45-36)34-24-32(27(3)22-35(34)41-5)23-29-18-20-33(21-19-29)42-7-2/h8-22,24,28,36-38,40H,6-7,23,25-26H2,1-5H3/t28-,36-,37+,38-,39?/m1/s1. The molecule has 0 aliphatic carbocycles. The van der Waals surface area contributed by atoms with Gasteiger partial charge in [0, 0.05) is 10.8 Å². The Morgan fingerprint density at radius 3 is 2.00 bits per heavy atom. The smallest absolute Gasteiger partial charge is 0.168 e. The summed E-state index contributed by atoms with van der Waals surface area (Å²) in [6.45, 7) is 9.92. The van der Waals surface area contributed by atoms with Crippen LogP contribution in [-0.4, -0.2) is 36.3 Å². The van der Waals surface area contributed by atoms with Crippen molar-refractivity contribution >= 4 is 11.8 Å². The van der Waals surface area contributed by atoms with Crippen LogP contribution in [0.3, 0.4) is 0 Å². The molecule has 4 aromatic carbocycles. The van der Waals surface area contributed by atoms with Gasteiger partial charge in [-0.25, -0.2) is 0 Å². The Labute approximate surface area is 272 Å². The van der Waals surface area contributed by atoms with Crippen molar-refractivity contribution in [3.63, 3.8) is 0 Å². The van der Waals surface area contributed by atoms with Gasteiger partial charge in [0.05, 0.1) is 33.0 Å². The van der Waals surface area contributed by atoms with Crippen LogP contribution in [0.15, 0.2) is 97.1 Å². The van der Waals surface area contributed by atoms with Gasteiger partial charge < -0.3 is 24.1 Å². The van der Waals surface area contributed by atoms with Crippen LogP contribution in [-0.2, 0) is 34.0 Å². The number of methoxy groups -OCH3 is 1. The lowest BCUT2D eigenvalue weighted by molar-refractivity contribution is -0.168. The highest BCUT2D eigenvalue weighted by Crippen LogP contribution is 2.54. The van der Waals surface area contributed by atoms with Gasteiger partial charge >= 0.3 is 0 Å². The average Bonchev–Trinajstić information content (AvgIpc) is 3.07. The third kappa shape index (κ3) is 7.75. The SMILES string of the molecule is CCOc1ccc(Cc2cc(C3(O)S[C@H](CC)[C@@H](C)[C@H](OCc4ccccc4)[C@H]3OCc3ccccc3)c(OC)cc2C)cc1. The molecule has 1 heterocycles. The highest BCUT2D eigenvalue weighted by molar-refractivity contribution is 8.00. The minimum Gasteiger partial charge on any atom is -0.496 e. The number of hydrogen-bond acceptors (Lipinski definition) is 6. The second kappa shape index (κ2) is 15.3. The van der Waals surface area contributed by atoms with Crippen LogP contribution in [0.2, 0.25) is 0 Å². The number of ether oxygens (including phenoxy) is 4. The van der Waals surface area contributed by atoms with Crippen LogP contribution >= 0.6 is 11.8 Å². The molecule has 5 nitrogen and oxygen atoms in total. The zero-order valence-electron chi connectivity index (χ0n) is 27.1. The minimum absolute atomic E-state index is 0.143. The fourth-order valence-corrected chi connectivity index (χ4v) is 7.84. The maximum Gasteiger partial charge on any atom is 0.168 e. The first-order chi connectivity index (χ1) is 21.9. The van der Waals surface area contributed by atoms with Crippen molar-refractivity contribution in [2.45, 2.75) is 76.1 Å². The summed E-state index contributed by atoms with van der Waals surface area (Å²) in [5.74, 6) is 1.66. The summed E-state index contributed by atoms with van der Waals surface area (Å²) in [4.78, 5) is -1.42. The van der Waals surface area contributed by atoms with E-state index in [-0.39, 0.29) is 17.3 Å². The summed E-state index contributed by atoms with van der Waals surface area (Å²) in [6.07, 6.45) is 0.593. The second-order valence-corrected chi connectivity index (χ2v) is 13.3. The van der Waals surface area contributed by atoms with Crippen LogP contribution < -0.4 is 9.47 Å². The van der Waals surface area contributed by atoms with E-state index in [1.807, 2.05) is 61.5 Å². The Kier molecular flexibility index (Phi) is 11.3. The Morgan fingerprint density at radius 1 is 0.800 bits per heavy atom. The van der Waals surface area contributed by atoms with Crippen LogP contribution in [0.5, 0.6) is 11.5 Å². The van der Waals surface area contributed by atoms with Gasteiger partial charge in [-0.3, -0.25) is 0 Å². The first kappa shape index (κ1) is 33.1. The molecule has 6 heteroatoms. The maximum atomic E-state index is 13.0. The van der Waals surface area contributed by atoms with Crippen molar-refractivity contribution in [1.82, 2.24) is 0 Å². The average molecular weight is 627 g/mol. The topological polar surface area (TPSA) is 57.2 Å². The summed E-state index contributed by atoms with van der Waals surface area (Å²) in [5.41, 5.74) is 6.25. The van der Waals surface area contributed by atoms with Crippen LogP contribution in [0.25, 0.3) is 0 Å². The summed E-state index contributed by atoms with van der Waals surface area (Å²) < 4.78 is 25.1. The van der Waals surface area contributed by atoms with Crippen molar-refractivity contribution in [2.75, 3.05) is 13.7 Å².